The fraction of sp³-hybridized carbons (Fsp3) is 0.259. The van der Waals surface area contributed by atoms with Crippen LogP contribution in [0.3, 0.4) is 0 Å². The Bertz CT molecular complexity index is 1260. The quantitative estimate of drug-likeness (QED) is 0.471. The Morgan fingerprint density at radius 1 is 0.941 bits per heavy atom. The van der Waals surface area contributed by atoms with Gasteiger partial charge in [0.1, 0.15) is 5.82 Å². The molecule has 0 spiro atoms. The summed E-state index contributed by atoms with van der Waals surface area (Å²) in [6.45, 7) is 5.54. The number of amides is 1. The van der Waals surface area contributed by atoms with E-state index in [9.17, 15) is 4.79 Å². The molecule has 1 saturated heterocycles. The summed E-state index contributed by atoms with van der Waals surface area (Å²) in [4.78, 5) is 19.7. The van der Waals surface area contributed by atoms with Gasteiger partial charge in [-0.2, -0.15) is 0 Å². The number of imidazole rings is 1. The van der Waals surface area contributed by atoms with Gasteiger partial charge in [-0.15, -0.1) is 10.2 Å². The van der Waals surface area contributed by atoms with Gasteiger partial charge in [-0.1, -0.05) is 48.5 Å². The number of hydrogen-bond donors (Lipinski definition) is 1. The monoisotopic (exact) mass is 452 g/mol. The van der Waals surface area contributed by atoms with Crippen LogP contribution in [0, 0.1) is 19.8 Å². The standard InChI is InChI=1S/C27H28N6O/c1-19-8-6-9-20(2)25(19)29-27(34)22-12-7-16-32(18-22)23-13-14-24(31-30-23)33-17-15-28-26(33)21-10-4-3-5-11-21/h3-6,8-11,13-15,17,22H,7,12,16,18H2,1-2H3,(H,29,34). The van der Waals surface area contributed by atoms with Crippen LogP contribution in [-0.2, 0) is 4.79 Å². The number of anilines is 2. The molecule has 1 amide bonds. The van der Waals surface area contributed by atoms with Gasteiger partial charge < -0.3 is 10.2 Å². The van der Waals surface area contributed by atoms with E-state index in [-0.39, 0.29) is 11.8 Å². The zero-order valence-electron chi connectivity index (χ0n) is 19.5. The first-order valence-electron chi connectivity index (χ1n) is 11.6. The highest BCUT2D eigenvalue weighted by Gasteiger charge is 2.27. The van der Waals surface area contributed by atoms with E-state index < -0.39 is 0 Å². The van der Waals surface area contributed by atoms with E-state index in [0.717, 1.165) is 53.4 Å². The van der Waals surface area contributed by atoms with Crippen LogP contribution in [0.15, 0.2) is 73.1 Å². The van der Waals surface area contributed by atoms with Crippen molar-refractivity contribution >= 4 is 17.4 Å². The van der Waals surface area contributed by atoms with Crippen molar-refractivity contribution in [1.82, 2.24) is 19.7 Å². The van der Waals surface area contributed by atoms with Crippen LogP contribution in [0.5, 0.6) is 0 Å². The number of nitrogens with one attached hydrogen (secondary N) is 1. The number of carbonyl (C=O) groups is 1. The SMILES string of the molecule is Cc1cccc(C)c1NC(=O)C1CCCN(c2ccc(-n3ccnc3-c3ccccc3)nn2)C1. The average Bonchev–Trinajstić information content (AvgIpc) is 3.37. The number of hydrogen-bond acceptors (Lipinski definition) is 5. The Balaban J connectivity index is 1.30. The number of aromatic nitrogens is 4. The number of para-hydroxylation sites is 1. The summed E-state index contributed by atoms with van der Waals surface area (Å²) in [7, 11) is 0. The van der Waals surface area contributed by atoms with Gasteiger partial charge in [-0.3, -0.25) is 9.36 Å². The van der Waals surface area contributed by atoms with Crippen molar-refractivity contribution in [3.63, 3.8) is 0 Å². The lowest BCUT2D eigenvalue weighted by atomic mass is 9.96. The van der Waals surface area contributed by atoms with E-state index in [1.807, 2.05) is 85.3 Å². The molecule has 0 radical (unpaired) electrons. The minimum atomic E-state index is -0.0902. The summed E-state index contributed by atoms with van der Waals surface area (Å²) in [5.41, 5.74) is 4.10. The normalized spacial score (nSPS) is 15.8. The zero-order valence-corrected chi connectivity index (χ0v) is 19.5. The van der Waals surface area contributed by atoms with Gasteiger partial charge >= 0.3 is 0 Å². The van der Waals surface area contributed by atoms with Crippen molar-refractivity contribution in [3.05, 3.63) is 84.2 Å². The molecule has 1 fully saturated rings. The third-order valence-corrected chi connectivity index (χ3v) is 6.40. The summed E-state index contributed by atoms with van der Waals surface area (Å²) in [6.07, 6.45) is 5.46. The smallest absolute Gasteiger partial charge is 0.229 e. The average molecular weight is 453 g/mol. The highest BCUT2D eigenvalue weighted by molar-refractivity contribution is 5.94. The van der Waals surface area contributed by atoms with Gasteiger partial charge in [0.15, 0.2) is 11.6 Å². The Morgan fingerprint density at radius 3 is 2.41 bits per heavy atom. The maximum atomic E-state index is 13.0. The Hall–Kier alpha value is -4.00. The number of benzene rings is 2. The molecular weight excluding hydrogens is 424 g/mol. The summed E-state index contributed by atoms with van der Waals surface area (Å²) >= 11 is 0. The number of rotatable bonds is 5. The molecule has 0 aliphatic carbocycles. The van der Waals surface area contributed by atoms with E-state index in [0.29, 0.717) is 12.4 Å². The molecule has 3 heterocycles. The van der Waals surface area contributed by atoms with Crippen LogP contribution >= 0.6 is 0 Å². The minimum Gasteiger partial charge on any atom is -0.354 e. The van der Waals surface area contributed by atoms with Gasteiger partial charge in [0.05, 0.1) is 5.92 Å². The summed E-state index contributed by atoms with van der Waals surface area (Å²) in [5, 5.41) is 12.1. The van der Waals surface area contributed by atoms with Crippen LogP contribution < -0.4 is 10.2 Å². The predicted octanol–water partition coefficient (Wildman–Crippen LogP) is 4.80. The van der Waals surface area contributed by atoms with Crippen molar-refractivity contribution in [2.75, 3.05) is 23.3 Å². The second-order valence-electron chi connectivity index (χ2n) is 8.78. The van der Waals surface area contributed by atoms with Gasteiger partial charge in [0.2, 0.25) is 5.91 Å². The molecular formula is C27H28N6O. The van der Waals surface area contributed by atoms with Crippen LogP contribution in [0.1, 0.15) is 24.0 Å². The number of piperidine rings is 1. The molecule has 2 aromatic heterocycles. The van der Waals surface area contributed by atoms with Crippen LogP contribution in [0.2, 0.25) is 0 Å². The van der Waals surface area contributed by atoms with Gasteiger partial charge in [-0.05, 0) is 49.9 Å². The number of aryl methyl sites for hydroxylation is 2. The first-order chi connectivity index (χ1) is 16.6. The second kappa shape index (κ2) is 9.47. The molecule has 34 heavy (non-hydrogen) atoms. The molecule has 2 aromatic carbocycles. The molecule has 4 aromatic rings. The molecule has 172 valence electrons. The minimum absolute atomic E-state index is 0.0672. The third-order valence-electron chi connectivity index (χ3n) is 6.40. The molecule has 1 N–H and O–H groups in total. The van der Waals surface area contributed by atoms with Crippen molar-refractivity contribution in [3.8, 4) is 17.2 Å². The molecule has 0 bridgehead atoms. The highest BCUT2D eigenvalue weighted by Crippen LogP contribution is 2.26. The lowest BCUT2D eigenvalue weighted by molar-refractivity contribution is -0.120. The lowest BCUT2D eigenvalue weighted by Gasteiger charge is -2.32. The number of carbonyl (C=O) groups excluding carboxylic acids is 1. The van der Waals surface area contributed by atoms with Crippen LogP contribution in [0.4, 0.5) is 11.5 Å². The Morgan fingerprint density at radius 2 is 1.68 bits per heavy atom. The van der Waals surface area contributed by atoms with Crippen molar-refractivity contribution in [1.29, 1.82) is 0 Å². The fourth-order valence-electron chi connectivity index (χ4n) is 4.54. The molecule has 1 aliphatic rings. The molecule has 1 unspecified atom stereocenters. The molecule has 5 rings (SSSR count). The summed E-state index contributed by atoms with van der Waals surface area (Å²) in [6, 6.07) is 20.0. The Labute approximate surface area is 199 Å². The zero-order chi connectivity index (χ0) is 23.5. The van der Waals surface area contributed by atoms with Crippen LogP contribution in [0.25, 0.3) is 17.2 Å². The van der Waals surface area contributed by atoms with E-state index in [4.69, 9.17) is 0 Å². The van der Waals surface area contributed by atoms with Gasteiger partial charge in [0.25, 0.3) is 0 Å². The molecule has 0 saturated carbocycles. The largest absolute Gasteiger partial charge is 0.354 e. The molecule has 1 atom stereocenters. The van der Waals surface area contributed by atoms with Crippen molar-refractivity contribution < 1.29 is 4.79 Å². The molecule has 7 heteroatoms. The molecule has 7 nitrogen and oxygen atoms in total. The second-order valence-corrected chi connectivity index (χ2v) is 8.78. The topological polar surface area (TPSA) is 75.9 Å². The van der Waals surface area contributed by atoms with E-state index in [2.05, 4.69) is 25.4 Å². The third kappa shape index (κ3) is 4.41. The van der Waals surface area contributed by atoms with Crippen molar-refractivity contribution in [2.24, 2.45) is 5.92 Å². The van der Waals surface area contributed by atoms with E-state index >= 15 is 0 Å². The highest BCUT2D eigenvalue weighted by atomic mass is 16.1. The fourth-order valence-corrected chi connectivity index (χ4v) is 4.54. The number of nitrogens with zero attached hydrogens (tertiary/aromatic N) is 5. The maximum Gasteiger partial charge on any atom is 0.229 e. The molecule has 1 aliphatic heterocycles. The Kier molecular flexibility index (Phi) is 6.08. The summed E-state index contributed by atoms with van der Waals surface area (Å²) < 4.78 is 1.93. The predicted molar refractivity (Wildman–Crippen MR) is 134 cm³/mol. The van der Waals surface area contributed by atoms with E-state index in [1.54, 1.807) is 6.20 Å². The summed E-state index contributed by atoms with van der Waals surface area (Å²) in [5.74, 6) is 2.30. The van der Waals surface area contributed by atoms with Gasteiger partial charge in [0, 0.05) is 36.7 Å². The van der Waals surface area contributed by atoms with Gasteiger partial charge in [-0.25, -0.2) is 4.98 Å². The first-order valence-corrected chi connectivity index (χ1v) is 11.6. The lowest BCUT2D eigenvalue weighted by Crippen LogP contribution is -2.41. The maximum absolute atomic E-state index is 13.0. The first kappa shape index (κ1) is 21.8. The van der Waals surface area contributed by atoms with Crippen molar-refractivity contribution in [2.45, 2.75) is 26.7 Å². The van der Waals surface area contributed by atoms with Crippen LogP contribution in [-0.4, -0.2) is 38.7 Å². The van der Waals surface area contributed by atoms with E-state index in [1.165, 1.54) is 0 Å².